The van der Waals surface area contributed by atoms with E-state index in [0.717, 1.165) is 30.4 Å². The van der Waals surface area contributed by atoms with Gasteiger partial charge >= 0.3 is 0 Å². The van der Waals surface area contributed by atoms with E-state index in [4.69, 9.17) is 9.47 Å². The molecule has 0 unspecified atom stereocenters. The molecule has 0 spiro atoms. The number of benzene rings is 1. The molecule has 1 fully saturated rings. The lowest BCUT2D eigenvalue weighted by atomic mass is 10.1. The number of methoxy groups -OCH3 is 2. The fourth-order valence-electron chi connectivity index (χ4n) is 3.75. The van der Waals surface area contributed by atoms with E-state index < -0.39 is 0 Å². The van der Waals surface area contributed by atoms with Crippen molar-refractivity contribution in [1.82, 2.24) is 4.90 Å². The summed E-state index contributed by atoms with van der Waals surface area (Å²) in [6.07, 6.45) is 15.1. The summed E-state index contributed by atoms with van der Waals surface area (Å²) in [5.41, 5.74) is 1.34. The first-order valence-electron chi connectivity index (χ1n) is 11.2. The zero-order chi connectivity index (χ0) is 19.3. The number of unbranched alkanes of at least 4 members (excludes halogenated alkanes) is 7. The van der Waals surface area contributed by atoms with Gasteiger partial charge in [0.1, 0.15) is 0 Å². The molecule has 0 heterocycles. The van der Waals surface area contributed by atoms with Gasteiger partial charge in [0.15, 0.2) is 11.5 Å². The topological polar surface area (TPSA) is 21.7 Å². The van der Waals surface area contributed by atoms with Gasteiger partial charge in [0.2, 0.25) is 0 Å². The highest BCUT2D eigenvalue weighted by Gasteiger charge is 2.23. The first-order valence-corrected chi connectivity index (χ1v) is 11.2. The Labute approximate surface area is 167 Å². The molecule has 3 heteroatoms. The molecular weight excluding hydrogens is 334 g/mol. The van der Waals surface area contributed by atoms with Gasteiger partial charge in [0, 0.05) is 13.1 Å². The largest absolute Gasteiger partial charge is 0.493 e. The van der Waals surface area contributed by atoms with Crippen LogP contribution in [-0.2, 0) is 6.42 Å². The summed E-state index contributed by atoms with van der Waals surface area (Å²) in [6, 6.07) is 6.33. The Morgan fingerprint density at radius 1 is 0.852 bits per heavy atom. The van der Waals surface area contributed by atoms with Gasteiger partial charge in [-0.3, -0.25) is 0 Å². The lowest BCUT2D eigenvalue weighted by Gasteiger charge is -2.22. The van der Waals surface area contributed by atoms with Crippen molar-refractivity contribution in [1.29, 1.82) is 0 Å². The van der Waals surface area contributed by atoms with Gasteiger partial charge in [0.05, 0.1) is 14.2 Å². The van der Waals surface area contributed by atoms with Crippen molar-refractivity contribution in [2.75, 3.05) is 33.9 Å². The predicted octanol–water partition coefficient (Wildman–Crippen LogP) is 6.10. The highest BCUT2D eigenvalue weighted by molar-refractivity contribution is 5.42. The van der Waals surface area contributed by atoms with Crippen molar-refractivity contribution in [3.05, 3.63) is 23.8 Å². The third-order valence-corrected chi connectivity index (χ3v) is 5.71. The molecule has 0 atom stereocenters. The molecule has 1 aromatic rings. The van der Waals surface area contributed by atoms with Gasteiger partial charge < -0.3 is 14.4 Å². The highest BCUT2D eigenvalue weighted by atomic mass is 16.5. The van der Waals surface area contributed by atoms with Gasteiger partial charge in [-0.15, -0.1) is 0 Å². The van der Waals surface area contributed by atoms with E-state index in [1.54, 1.807) is 14.2 Å². The van der Waals surface area contributed by atoms with Gasteiger partial charge in [-0.25, -0.2) is 0 Å². The first-order chi connectivity index (χ1) is 13.3. The summed E-state index contributed by atoms with van der Waals surface area (Å²) in [6.45, 7) is 6.00. The Hall–Kier alpha value is -1.22. The summed E-state index contributed by atoms with van der Waals surface area (Å²) in [5.74, 6) is 2.62. The lowest BCUT2D eigenvalue weighted by Crippen LogP contribution is -2.29. The Morgan fingerprint density at radius 3 is 2.15 bits per heavy atom. The molecule has 0 saturated heterocycles. The van der Waals surface area contributed by atoms with Gasteiger partial charge in [0.25, 0.3) is 0 Å². The second-order valence-electron chi connectivity index (χ2n) is 8.16. The quantitative estimate of drug-likeness (QED) is 0.326. The normalized spacial score (nSPS) is 13.9. The minimum Gasteiger partial charge on any atom is -0.493 e. The van der Waals surface area contributed by atoms with Crippen LogP contribution in [-0.4, -0.2) is 38.8 Å². The molecule has 0 radical (unpaired) electrons. The van der Waals surface area contributed by atoms with Crippen molar-refractivity contribution < 1.29 is 9.47 Å². The summed E-state index contributed by atoms with van der Waals surface area (Å²) in [5, 5.41) is 0. The van der Waals surface area contributed by atoms with Crippen LogP contribution >= 0.6 is 0 Å². The van der Waals surface area contributed by atoms with E-state index in [1.807, 2.05) is 6.07 Å². The molecule has 154 valence electrons. The standard InChI is InChI=1S/C24H41NO2/c1-4-5-6-7-8-9-10-11-17-25(20-22-12-13-22)18-16-21-14-15-23(26-2)24(19-21)27-3/h14-15,19,22H,4-13,16-18,20H2,1-3H3. The monoisotopic (exact) mass is 375 g/mol. The first kappa shape index (κ1) is 22.1. The molecular formula is C24H41NO2. The van der Waals surface area contributed by atoms with Crippen LogP contribution in [0.5, 0.6) is 11.5 Å². The van der Waals surface area contributed by atoms with Crippen molar-refractivity contribution in [3.63, 3.8) is 0 Å². The van der Waals surface area contributed by atoms with Crippen LogP contribution in [0.25, 0.3) is 0 Å². The number of rotatable bonds is 16. The molecule has 0 amide bonds. The molecule has 27 heavy (non-hydrogen) atoms. The zero-order valence-electron chi connectivity index (χ0n) is 18.0. The van der Waals surface area contributed by atoms with Crippen LogP contribution in [0.4, 0.5) is 0 Å². The van der Waals surface area contributed by atoms with E-state index in [-0.39, 0.29) is 0 Å². The maximum absolute atomic E-state index is 5.45. The van der Waals surface area contributed by atoms with Crippen LogP contribution in [0.3, 0.4) is 0 Å². The summed E-state index contributed by atoms with van der Waals surface area (Å²) in [4.78, 5) is 2.70. The fourth-order valence-corrected chi connectivity index (χ4v) is 3.75. The molecule has 3 nitrogen and oxygen atoms in total. The number of ether oxygens (including phenoxy) is 2. The van der Waals surface area contributed by atoms with E-state index in [9.17, 15) is 0 Å². The third kappa shape index (κ3) is 9.01. The van der Waals surface area contributed by atoms with Crippen molar-refractivity contribution in [3.8, 4) is 11.5 Å². The van der Waals surface area contributed by atoms with Crippen molar-refractivity contribution >= 4 is 0 Å². The smallest absolute Gasteiger partial charge is 0.160 e. The van der Waals surface area contributed by atoms with Crippen LogP contribution < -0.4 is 9.47 Å². The second kappa shape index (κ2) is 13.0. The van der Waals surface area contributed by atoms with Crippen LogP contribution in [0.15, 0.2) is 18.2 Å². The fraction of sp³-hybridized carbons (Fsp3) is 0.750. The third-order valence-electron chi connectivity index (χ3n) is 5.71. The Balaban J connectivity index is 1.69. The molecule has 0 aromatic heterocycles. The molecule has 1 aliphatic carbocycles. The second-order valence-corrected chi connectivity index (χ2v) is 8.16. The SMILES string of the molecule is CCCCCCCCCCN(CCc1ccc(OC)c(OC)c1)CC1CC1. The van der Waals surface area contributed by atoms with Gasteiger partial charge in [-0.05, 0) is 55.8 Å². The summed E-state index contributed by atoms with van der Waals surface area (Å²) in [7, 11) is 3.40. The zero-order valence-corrected chi connectivity index (χ0v) is 18.0. The van der Waals surface area contributed by atoms with E-state index in [1.165, 1.54) is 82.9 Å². The lowest BCUT2D eigenvalue weighted by molar-refractivity contribution is 0.259. The average Bonchev–Trinajstić information content (AvgIpc) is 3.51. The number of hydrogen-bond donors (Lipinski definition) is 0. The molecule has 0 bridgehead atoms. The maximum Gasteiger partial charge on any atom is 0.160 e. The van der Waals surface area contributed by atoms with E-state index in [0.29, 0.717) is 0 Å². The molecule has 1 saturated carbocycles. The number of nitrogens with zero attached hydrogens (tertiary/aromatic N) is 1. The average molecular weight is 376 g/mol. The minimum atomic E-state index is 0.815. The van der Waals surface area contributed by atoms with E-state index >= 15 is 0 Å². The van der Waals surface area contributed by atoms with Crippen LogP contribution in [0.2, 0.25) is 0 Å². The Morgan fingerprint density at radius 2 is 1.52 bits per heavy atom. The summed E-state index contributed by atoms with van der Waals surface area (Å²) < 4.78 is 10.8. The maximum atomic E-state index is 5.45. The Bertz CT molecular complexity index is 513. The Kier molecular flexibility index (Phi) is 10.7. The summed E-state index contributed by atoms with van der Waals surface area (Å²) >= 11 is 0. The van der Waals surface area contributed by atoms with Gasteiger partial charge in [-0.2, -0.15) is 0 Å². The predicted molar refractivity (Wildman–Crippen MR) is 115 cm³/mol. The molecule has 2 rings (SSSR count). The van der Waals surface area contributed by atoms with Crippen LogP contribution in [0, 0.1) is 5.92 Å². The molecule has 0 N–H and O–H groups in total. The van der Waals surface area contributed by atoms with Crippen molar-refractivity contribution in [2.45, 2.75) is 77.6 Å². The minimum absolute atomic E-state index is 0.815. The molecule has 0 aliphatic heterocycles. The molecule has 1 aliphatic rings. The van der Waals surface area contributed by atoms with Gasteiger partial charge in [-0.1, -0.05) is 57.9 Å². The van der Waals surface area contributed by atoms with E-state index in [2.05, 4.69) is 24.0 Å². The highest BCUT2D eigenvalue weighted by Crippen LogP contribution is 2.30. The van der Waals surface area contributed by atoms with Crippen LogP contribution in [0.1, 0.15) is 76.7 Å². The number of hydrogen-bond acceptors (Lipinski definition) is 3. The molecule has 1 aromatic carbocycles. The van der Waals surface area contributed by atoms with Crippen molar-refractivity contribution in [2.24, 2.45) is 5.92 Å².